The number of nitrogen functional groups attached to an aromatic ring is 1. The van der Waals surface area contributed by atoms with Gasteiger partial charge in [-0.1, -0.05) is 0 Å². The number of aliphatic hydroxyl groups is 1. The minimum atomic E-state index is -0.495. The third kappa shape index (κ3) is 3.24. The fourth-order valence-corrected chi connectivity index (χ4v) is 2.34. The van der Waals surface area contributed by atoms with Crippen LogP contribution in [-0.2, 0) is 4.74 Å². The Bertz CT molecular complexity index is 492. The van der Waals surface area contributed by atoms with Crippen molar-refractivity contribution in [3.8, 4) is 0 Å². The van der Waals surface area contributed by atoms with Crippen molar-refractivity contribution in [1.82, 2.24) is 9.88 Å². The van der Waals surface area contributed by atoms with Crippen LogP contribution in [0.3, 0.4) is 0 Å². The molecule has 20 heavy (non-hydrogen) atoms. The number of aliphatic hydroxyl groups excluding tert-OH is 1. The number of morpholine rings is 1. The Balaban J connectivity index is 2.18. The van der Waals surface area contributed by atoms with Crippen molar-refractivity contribution in [3.05, 3.63) is 24.0 Å². The molecule has 1 aliphatic rings. The summed E-state index contributed by atoms with van der Waals surface area (Å²) in [5, 5.41) is 9.27. The maximum absolute atomic E-state index is 12.5. The van der Waals surface area contributed by atoms with Crippen LogP contribution in [0.4, 0.5) is 5.69 Å². The zero-order valence-corrected chi connectivity index (χ0v) is 11.7. The van der Waals surface area contributed by atoms with Gasteiger partial charge in [-0.2, -0.15) is 0 Å². The van der Waals surface area contributed by atoms with Crippen molar-refractivity contribution in [2.24, 2.45) is 5.84 Å². The van der Waals surface area contributed by atoms with E-state index in [9.17, 15) is 9.90 Å². The Morgan fingerprint density at radius 1 is 1.70 bits per heavy atom. The second-order valence-corrected chi connectivity index (χ2v) is 5.44. The van der Waals surface area contributed by atoms with Gasteiger partial charge in [-0.05, 0) is 26.0 Å². The molecule has 1 saturated heterocycles. The smallest absolute Gasteiger partial charge is 0.272 e. The molecule has 7 nitrogen and oxygen atoms in total. The van der Waals surface area contributed by atoms with E-state index in [-0.39, 0.29) is 18.6 Å². The van der Waals surface area contributed by atoms with Crippen molar-refractivity contribution >= 4 is 11.6 Å². The van der Waals surface area contributed by atoms with E-state index < -0.39 is 5.60 Å². The van der Waals surface area contributed by atoms with E-state index in [1.807, 2.05) is 13.8 Å². The predicted molar refractivity (Wildman–Crippen MR) is 74.0 cm³/mol. The first kappa shape index (κ1) is 14.7. The number of hydrogen-bond acceptors (Lipinski definition) is 6. The van der Waals surface area contributed by atoms with Crippen molar-refractivity contribution in [2.75, 3.05) is 25.1 Å². The zero-order valence-electron chi connectivity index (χ0n) is 11.7. The van der Waals surface area contributed by atoms with E-state index in [4.69, 9.17) is 10.6 Å². The number of hydrogen-bond donors (Lipinski definition) is 3. The van der Waals surface area contributed by atoms with Crippen LogP contribution in [0.25, 0.3) is 0 Å². The third-order valence-electron chi connectivity index (χ3n) is 3.12. The molecule has 1 aromatic rings. The minimum absolute atomic E-state index is 0.120. The molecular formula is C13H20N4O3. The number of aromatic nitrogens is 1. The second kappa shape index (κ2) is 5.74. The number of carbonyl (C=O) groups excluding carboxylic acids is 1. The molecule has 0 aliphatic carbocycles. The summed E-state index contributed by atoms with van der Waals surface area (Å²) in [6.45, 7) is 4.46. The van der Waals surface area contributed by atoms with Gasteiger partial charge in [-0.15, -0.1) is 0 Å². The highest BCUT2D eigenvalue weighted by atomic mass is 16.5. The lowest BCUT2D eigenvalue weighted by molar-refractivity contribution is -0.139. The van der Waals surface area contributed by atoms with Crippen LogP contribution in [0.1, 0.15) is 24.3 Å². The number of anilines is 1. The maximum atomic E-state index is 12.5. The molecule has 1 atom stereocenters. The summed E-state index contributed by atoms with van der Waals surface area (Å²) in [4.78, 5) is 18.2. The van der Waals surface area contributed by atoms with Crippen LogP contribution >= 0.6 is 0 Å². The third-order valence-corrected chi connectivity index (χ3v) is 3.12. The first-order valence-corrected chi connectivity index (χ1v) is 6.46. The number of amides is 1. The molecule has 1 aromatic heterocycles. The zero-order chi connectivity index (χ0) is 14.8. The molecule has 2 heterocycles. The van der Waals surface area contributed by atoms with E-state index in [2.05, 4.69) is 10.4 Å². The molecule has 0 radical (unpaired) electrons. The summed E-state index contributed by atoms with van der Waals surface area (Å²) in [5.74, 6) is 5.13. The molecule has 1 amide bonds. The Kier molecular flexibility index (Phi) is 4.22. The molecule has 1 unspecified atom stereocenters. The average Bonchev–Trinajstić information content (AvgIpc) is 2.44. The largest absolute Gasteiger partial charge is 0.394 e. The number of nitrogens with one attached hydrogen (secondary N) is 1. The van der Waals surface area contributed by atoms with Gasteiger partial charge in [0.2, 0.25) is 0 Å². The molecule has 0 aromatic carbocycles. The molecule has 0 spiro atoms. The second-order valence-electron chi connectivity index (χ2n) is 5.44. The van der Waals surface area contributed by atoms with E-state index in [1.165, 1.54) is 6.20 Å². The molecule has 1 fully saturated rings. The van der Waals surface area contributed by atoms with Crippen LogP contribution < -0.4 is 11.3 Å². The Morgan fingerprint density at radius 2 is 2.45 bits per heavy atom. The average molecular weight is 280 g/mol. The Hall–Kier alpha value is -1.70. The normalized spacial score (nSPS) is 21.6. The summed E-state index contributed by atoms with van der Waals surface area (Å²) < 4.78 is 5.69. The van der Waals surface area contributed by atoms with Gasteiger partial charge in [0.25, 0.3) is 5.91 Å². The number of carbonyl (C=O) groups is 1. The van der Waals surface area contributed by atoms with E-state index in [0.29, 0.717) is 24.5 Å². The van der Waals surface area contributed by atoms with Crippen molar-refractivity contribution < 1.29 is 14.6 Å². The minimum Gasteiger partial charge on any atom is -0.394 e. The highest BCUT2D eigenvalue weighted by molar-refractivity contribution is 5.93. The van der Waals surface area contributed by atoms with Gasteiger partial charge in [-0.25, -0.2) is 0 Å². The predicted octanol–water partition coefficient (Wildman–Crippen LogP) is -0.0209. The van der Waals surface area contributed by atoms with Gasteiger partial charge < -0.3 is 20.2 Å². The molecule has 7 heteroatoms. The molecule has 110 valence electrons. The Morgan fingerprint density at radius 3 is 3.10 bits per heavy atom. The first-order valence-electron chi connectivity index (χ1n) is 6.46. The van der Waals surface area contributed by atoms with Crippen LogP contribution in [0.15, 0.2) is 18.3 Å². The molecule has 4 N–H and O–H groups in total. The topological polar surface area (TPSA) is 101 Å². The molecule has 0 saturated carbocycles. The summed E-state index contributed by atoms with van der Waals surface area (Å²) in [7, 11) is 0. The number of pyridine rings is 1. The SMILES string of the molecule is CC1(C)CN(C(=O)c2cc(NN)ccn2)CC(CO)O1. The fraction of sp³-hybridized carbons (Fsp3) is 0.538. The van der Waals surface area contributed by atoms with E-state index in [0.717, 1.165) is 0 Å². The van der Waals surface area contributed by atoms with Gasteiger partial charge in [0, 0.05) is 19.3 Å². The summed E-state index contributed by atoms with van der Waals surface area (Å²) in [6, 6.07) is 3.27. The highest BCUT2D eigenvalue weighted by Crippen LogP contribution is 2.22. The quantitative estimate of drug-likeness (QED) is 0.531. The maximum Gasteiger partial charge on any atom is 0.272 e. The van der Waals surface area contributed by atoms with Crippen molar-refractivity contribution in [1.29, 1.82) is 0 Å². The lowest BCUT2D eigenvalue weighted by atomic mass is 10.0. The first-order chi connectivity index (χ1) is 9.45. The monoisotopic (exact) mass is 280 g/mol. The molecular weight excluding hydrogens is 260 g/mol. The fourth-order valence-electron chi connectivity index (χ4n) is 2.34. The molecule has 0 bridgehead atoms. The standard InChI is InChI=1S/C13H20N4O3/c1-13(2)8-17(6-10(7-18)20-13)12(19)11-5-9(16-14)3-4-15-11/h3-5,10,18H,6-8,14H2,1-2H3,(H,15,16). The van der Waals surface area contributed by atoms with E-state index in [1.54, 1.807) is 17.0 Å². The molecule has 2 rings (SSSR count). The number of nitrogens with two attached hydrogens (primary N) is 1. The van der Waals surface area contributed by atoms with Gasteiger partial charge in [0.15, 0.2) is 0 Å². The van der Waals surface area contributed by atoms with Crippen LogP contribution in [0.2, 0.25) is 0 Å². The molecule has 1 aliphatic heterocycles. The highest BCUT2D eigenvalue weighted by Gasteiger charge is 2.35. The van der Waals surface area contributed by atoms with Crippen LogP contribution in [0, 0.1) is 0 Å². The number of hydrazine groups is 1. The lowest BCUT2D eigenvalue weighted by Crippen LogP contribution is -2.55. The van der Waals surface area contributed by atoms with Gasteiger partial charge in [-0.3, -0.25) is 15.6 Å². The van der Waals surface area contributed by atoms with Gasteiger partial charge >= 0.3 is 0 Å². The number of ether oxygens (including phenoxy) is 1. The van der Waals surface area contributed by atoms with Crippen molar-refractivity contribution in [2.45, 2.75) is 25.6 Å². The van der Waals surface area contributed by atoms with Gasteiger partial charge in [0.05, 0.1) is 24.0 Å². The lowest BCUT2D eigenvalue weighted by Gasteiger charge is -2.42. The summed E-state index contributed by atoms with van der Waals surface area (Å²) in [6.07, 6.45) is 1.15. The van der Waals surface area contributed by atoms with E-state index >= 15 is 0 Å². The summed E-state index contributed by atoms with van der Waals surface area (Å²) in [5.41, 5.74) is 2.93. The number of rotatable bonds is 3. The van der Waals surface area contributed by atoms with Crippen LogP contribution in [0.5, 0.6) is 0 Å². The Labute approximate surface area is 117 Å². The number of nitrogens with zero attached hydrogens (tertiary/aromatic N) is 2. The van der Waals surface area contributed by atoms with Gasteiger partial charge in [0.1, 0.15) is 5.69 Å². The van der Waals surface area contributed by atoms with Crippen molar-refractivity contribution in [3.63, 3.8) is 0 Å². The summed E-state index contributed by atoms with van der Waals surface area (Å²) >= 11 is 0. The van der Waals surface area contributed by atoms with Crippen LogP contribution in [-0.4, -0.2) is 52.3 Å².